The van der Waals surface area contributed by atoms with Crippen LogP contribution in [-0.2, 0) is 11.2 Å². The minimum Gasteiger partial charge on any atom is -0.345 e. The Labute approximate surface area is 116 Å². The van der Waals surface area contributed by atoms with Crippen LogP contribution in [0.2, 0.25) is 0 Å². The van der Waals surface area contributed by atoms with Crippen molar-refractivity contribution >= 4 is 5.91 Å². The highest BCUT2D eigenvalue weighted by Crippen LogP contribution is 2.30. The van der Waals surface area contributed by atoms with Crippen molar-refractivity contribution in [3.8, 4) is 0 Å². The summed E-state index contributed by atoms with van der Waals surface area (Å²) in [6.45, 7) is 4.12. The lowest BCUT2D eigenvalue weighted by Crippen LogP contribution is -2.37. The van der Waals surface area contributed by atoms with E-state index in [0.717, 1.165) is 13.1 Å². The van der Waals surface area contributed by atoms with Gasteiger partial charge in [-0.2, -0.15) is 0 Å². The maximum Gasteiger partial charge on any atom is 0.236 e. The van der Waals surface area contributed by atoms with Crippen LogP contribution in [0.15, 0.2) is 24.3 Å². The minimum absolute atomic E-state index is 0.173. The van der Waals surface area contributed by atoms with Gasteiger partial charge in [0, 0.05) is 20.1 Å². The molecule has 0 heterocycles. The first-order valence-corrected chi connectivity index (χ1v) is 7.25. The molecule has 0 saturated carbocycles. The van der Waals surface area contributed by atoms with Crippen LogP contribution < -0.4 is 5.32 Å². The third kappa shape index (κ3) is 3.57. The number of carbonyl (C=O) groups is 1. The molecule has 1 aliphatic carbocycles. The van der Waals surface area contributed by atoms with Gasteiger partial charge in [-0.3, -0.25) is 4.79 Å². The molecule has 0 spiro atoms. The fourth-order valence-electron chi connectivity index (χ4n) is 2.73. The largest absolute Gasteiger partial charge is 0.345 e. The van der Waals surface area contributed by atoms with E-state index in [1.165, 1.54) is 30.4 Å². The van der Waals surface area contributed by atoms with Crippen LogP contribution >= 0.6 is 0 Å². The van der Waals surface area contributed by atoms with Gasteiger partial charge < -0.3 is 10.2 Å². The highest BCUT2D eigenvalue weighted by molar-refractivity contribution is 5.77. The summed E-state index contributed by atoms with van der Waals surface area (Å²) >= 11 is 0. The molecule has 1 N–H and O–H groups in total. The number of nitrogens with one attached hydrogen (secondary N) is 1. The van der Waals surface area contributed by atoms with Crippen LogP contribution in [0, 0.1) is 0 Å². The Morgan fingerprint density at radius 2 is 2.21 bits per heavy atom. The zero-order valence-electron chi connectivity index (χ0n) is 12.0. The molecule has 0 radical (unpaired) electrons. The van der Waals surface area contributed by atoms with Crippen molar-refractivity contribution in [1.29, 1.82) is 0 Å². The second-order valence-corrected chi connectivity index (χ2v) is 5.33. The lowest BCUT2D eigenvalue weighted by Gasteiger charge is -2.26. The molecular weight excluding hydrogens is 236 g/mol. The number of fused-ring (bicyclic) bond motifs is 1. The van der Waals surface area contributed by atoms with E-state index < -0.39 is 0 Å². The normalized spacial score (nSPS) is 17.9. The molecule has 1 aromatic carbocycles. The maximum atomic E-state index is 11.7. The van der Waals surface area contributed by atoms with Crippen LogP contribution in [0.4, 0.5) is 0 Å². The highest BCUT2D eigenvalue weighted by atomic mass is 16.2. The quantitative estimate of drug-likeness (QED) is 0.880. The lowest BCUT2D eigenvalue weighted by atomic mass is 9.83. The Bertz CT molecular complexity index is 431. The SMILES string of the molecule is CCN(C)C(=O)CNCC1CCCc2ccccc21. The molecule has 0 aromatic heterocycles. The van der Waals surface area contributed by atoms with E-state index in [9.17, 15) is 4.79 Å². The molecule has 0 saturated heterocycles. The first kappa shape index (κ1) is 14.1. The number of amides is 1. The average Bonchev–Trinajstić information content (AvgIpc) is 2.46. The van der Waals surface area contributed by atoms with Gasteiger partial charge in [0.15, 0.2) is 0 Å². The molecule has 3 heteroatoms. The summed E-state index contributed by atoms with van der Waals surface area (Å²) in [6, 6.07) is 8.71. The van der Waals surface area contributed by atoms with Crippen LogP contribution in [-0.4, -0.2) is 37.5 Å². The zero-order valence-corrected chi connectivity index (χ0v) is 12.0. The fourth-order valence-corrected chi connectivity index (χ4v) is 2.73. The molecule has 3 nitrogen and oxygen atoms in total. The van der Waals surface area contributed by atoms with Gasteiger partial charge in [0.25, 0.3) is 0 Å². The first-order chi connectivity index (χ1) is 9.22. The van der Waals surface area contributed by atoms with Crippen molar-refractivity contribution in [2.24, 2.45) is 0 Å². The van der Waals surface area contributed by atoms with E-state index >= 15 is 0 Å². The molecule has 1 aliphatic rings. The molecule has 0 bridgehead atoms. The van der Waals surface area contributed by atoms with Crippen LogP contribution in [0.5, 0.6) is 0 Å². The predicted octanol–water partition coefficient (Wildman–Crippen LogP) is 2.17. The number of rotatable bonds is 5. The molecule has 104 valence electrons. The van der Waals surface area contributed by atoms with Crippen LogP contribution in [0.3, 0.4) is 0 Å². The van der Waals surface area contributed by atoms with E-state index in [1.54, 1.807) is 4.90 Å². The van der Waals surface area contributed by atoms with E-state index in [1.807, 2.05) is 14.0 Å². The Morgan fingerprint density at radius 3 is 3.00 bits per heavy atom. The Morgan fingerprint density at radius 1 is 1.42 bits per heavy atom. The van der Waals surface area contributed by atoms with Gasteiger partial charge in [-0.25, -0.2) is 0 Å². The van der Waals surface area contributed by atoms with Crippen molar-refractivity contribution in [2.45, 2.75) is 32.1 Å². The number of likely N-dealkylation sites (N-methyl/N-ethyl adjacent to an activating group) is 1. The van der Waals surface area contributed by atoms with Gasteiger partial charge in [0.05, 0.1) is 6.54 Å². The minimum atomic E-state index is 0.173. The molecule has 19 heavy (non-hydrogen) atoms. The molecule has 1 unspecified atom stereocenters. The number of hydrogen-bond acceptors (Lipinski definition) is 2. The number of carbonyl (C=O) groups excluding carboxylic acids is 1. The molecule has 2 rings (SSSR count). The van der Waals surface area contributed by atoms with E-state index in [0.29, 0.717) is 12.5 Å². The summed E-state index contributed by atoms with van der Waals surface area (Å²) in [5.41, 5.74) is 2.95. The number of benzene rings is 1. The molecule has 1 aromatic rings. The second-order valence-electron chi connectivity index (χ2n) is 5.33. The fraction of sp³-hybridized carbons (Fsp3) is 0.562. The summed E-state index contributed by atoms with van der Waals surface area (Å²) in [7, 11) is 1.85. The van der Waals surface area contributed by atoms with Crippen LogP contribution in [0.25, 0.3) is 0 Å². The van der Waals surface area contributed by atoms with Crippen molar-refractivity contribution in [3.63, 3.8) is 0 Å². The highest BCUT2D eigenvalue weighted by Gasteiger charge is 2.19. The summed E-state index contributed by atoms with van der Waals surface area (Å²) in [5, 5.41) is 3.32. The summed E-state index contributed by atoms with van der Waals surface area (Å²) < 4.78 is 0. The molecule has 1 amide bonds. The van der Waals surface area contributed by atoms with E-state index in [-0.39, 0.29) is 5.91 Å². The summed E-state index contributed by atoms with van der Waals surface area (Å²) in [4.78, 5) is 13.5. The topological polar surface area (TPSA) is 32.3 Å². The molecular formula is C16H24N2O. The van der Waals surface area contributed by atoms with Crippen molar-refractivity contribution in [3.05, 3.63) is 35.4 Å². The monoisotopic (exact) mass is 260 g/mol. The second kappa shape index (κ2) is 6.71. The van der Waals surface area contributed by atoms with Gasteiger partial charge >= 0.3 is 0 Å². The van der Waals surface area contributed by atoms with Gasteiger partial charge in [0.2, 0.25) is 5.91 Å². The van der Waals surface area contributed by atoms with Crippen molar-refractivity contribution in [2.75, 3.05) is 26.7 Å². The number of nitrogens with zero attached hydrogens (tertiary/aromatic N) is 1. The lowest BCUT2D eigenvalue weighted by molar-refractivity contribution is -0.128. The van der Waals surface area contributed by atoms with Gasteiger partial charge in [0.1, 0.15) is 0 Å². The first-order valence-electron chi connectivity index (χ1n) is 7.25. The van der Waals surface area contributed by atoms with Crippen molar-refractivity contribution < 1.29 is 4.79 Å². The molecule has 0 aliphatic heterocycles. The third-order valence-electron chi connectivity index (χ3n) is 4.06. The predicted molar refractivity (Wildman–Crippen MR) is 78.3 cm³/mol. The van der Waals surface area contributed by atoms with Gasteiger partial charge in [-0.1, -0.05) is 24.3 Å². The van der Waals surface area contributed by atoms with E-state index in [2.05, 4.69) is 29.6 Å². The Hall–Kier alpha value is -1.35. The molecule has 0 fully saturated rings. The number of aryl methyl sites for hydroxylation is 1. The van der Waals surface area contributed by atoms with Gasteiger partial charge in [-0.15, -0.1) is 0 Å². The average molecular weight is 260 g/mol. The summed E-state index contributed by atoms with van der Waals surface area (Å²) in [5.74, 6) is 0.733. The van der Waals surface area contributed by atoms with Crippen LogP contribution in [0.1, 0.15) is 36.8 Å². The third-order valence-corrected chi connectivity index (χ3v) is 4.06. The maximum absolute atomic E-state index is 11.7. The Kier molecular flexibility index (Phi) is 4.97. The molecule has 1 atom stereocenters. The number of hydrogen-bond donors (Lipinski definition) is 1. The summed E-state index contributed by atoms with van der Waals surface area (Å²) in [6.07, 6.45) is 3.68. The van der Waals surface area contributed by atoms with Gasteiger partial charge in [-0.05, 0) is 43.2 Å². The Balaban J connectivity index is 1.86. The zero-order chi connectivity index (χ0) is 13.7. The smallest absolute Gasteiger partial charge is 0.236 e. The van der Waals surface area contributed by atoms with Crippen molar-refractivity contribution in [1.82, 2.24) is 10.2 Å². The standard InChI is InChI=1S/C16H24N2O/c1-3-18(2)16(19)12-17-11-14-9-6-8-13-7-4-5-10-15(13)14/h4-5,7,10,14,17H,3,6,8-9,11-12H2,1-2H3. The van der Waals surface area contributed by atoms with E-state index in [4.69, 9.17) is 0 Å².